The molecule has 1 atom stereocenters. The summed E-state index contributed by atoms with van der Waals surface area (Å²) in [5, 5.41) is 0. The van der Waals surface area contributed by atoms with Crippen LogP contribution < -0.4 is 9.47 Å². The molecular weight excluding hydrogens is 449 g/mol. The highest BCUT2D eigenvalue weighted by Crippen LogP contribution is 2.40. The fraction of sp³-hybridized carbons (Fsp3) is 0.417. The Bertz CT molecular complexity index is 1200. The predicted octanol–water partition coefficient (Wildman–Crippen LogP) is 4.31. The maximum atomic E-state index is 14.3. The Morgan fingerprint density at radius 1 is 1.06 bits per heavy atom. The molecule has 0 bridgehead atoms. The van der Waals surface area contributed by atoms with Crippen LogP contribution in [0.25, 0.3) is 0 Å². The quantitative estimate of drug-likeness (QED) is 0.473. The van der Waals surface area contributed by atoms with Gasteiger partial charge in [-0.05, 0) is 49.1 Å². The number of methoxy groups -OCH3 is 1. The highest BCUT2D eigenvalue weighted by atomic mass is 32.2. The second-order valence-electron chi connectivity index (χ2n) is 8.44. The minimum atomic E-state index is -3.89. The first kappa shape index (κ1) is 23.4. The third-order valence-corrected chi connectivity index (χ3v) is 8.12. The van der Waals surface area contributed by atoms with E-state index in [9.17, 15) is 22.4 Å². The number of esters is 1. The van der Waals surface area contributed by atoms with Crippen LogP contribution in [0, 0.1) is 5.82 Å². The smallest absolute Gasteiger partial charge is 0.343 e. The number of ketones is 1. The molecule has 2 aliphatic rings. The van der Waals surface area contributed by atoms with Crippen molar-refractivity contribution in [2.75, 3.05) is 20.2 Å². The molecule has 1 fully saturated rings. The number of ether oxygens (including phenoxy) is 2. The van der Waals surface area contributed by atoms with E-state index in [0.29, 0.717) is 13.1 Å². The summed E-state index contributed by atoms with van der Waals surface area (Å²) in [5.74, 6) is -1.86. The molecule has 4 rings (SSSR count). The Labute approximate surface area is 192 Å². The zero-order valence-corrected chi connectivity index (χ0v) is 19.4. The molecule has 0 spiro atoms. The summed E-state index contributed by atoms with van der Waals surface area (Å²) in [7, 11) is -2.53. The summed E-state index contributed by atoms with van der Waals surface area (Å²) in [4.78, 5) is 25.2. The number of fused-ring (bicyclic) bond motifs is 1. The van der Waals surface area contributed by atoms with Gasteiger partial charge in [-0.25, -0.2) is 17.6 Å². The summed E-state index contributed by atoms with van der Waals surface area (Å²) < 4.78 is 53.0. The first-order valence-electron chi connectivity index (χ1n) is 11.0. The van der Waals surface area contributed by atoms with Gasteiger partial charge in [0.2, 0.25) is 10.0 Å². The summed E-state index contributed by atoms with van der Waals surface area (Å²) in [6.07, 6.45) is 3.61. The van der Waals surface area contributed by atoms with Crippen molar-refractivity contribution in [3.63, 3.8) is 0 Å². The highest BCUT2D eigenvalue weighted by Gasteiger charge is 2.34. The molecule has 33 heavy (non-hydrogen) atoms. The van der Waals surface area contributed by atoms with Crippen LogP contribution in [0.15, 0.2) is 35.2 Å². The van der Waals surface area contributed by atoms with Gasteiger partial charge >= 0.3 is 5.97 Å². The van der Waals surface area contributed by atoms with Gasteiger partial charge in [0.15, 0.2) is 5.78 Å². The Morgan fingerprint density at radius 3 is 2.39 bits per heavy atom. The minimum Gasteiger partial charge on any atom is -0.495 e. The van der Waals surface area contributed by atoms with Gasteiger partial charge in [-0.3, -0.25) is 4.79 Å². The van der Waals surface area contributed by atoms with Gasteiger partial charge in [0.1, 0.15) is 22.2 Å². The van der Waals surface area contributed by atoms with Gasteiger partial charge in [0.25, 0.3) is 0 Å². The lowest BCUT2D eigenvalue weighted by Crippen LogP contribution is -2.32. The lowest BCUT2D eigenvalue weighted by Gasteiger charge is -2.21. The van der Waals surface area contributed by atoms with Crippen LogP contribution >= 0.6 is 0 Å². The lowest BCUT2D eigenvalue weighted by atomic mass is 10.0. The summed E-state index contributed by atoms with van der Waals surface area (Å²) >= 11 is 0. The summed E-state index contributed by atoms with van der Waals surface area (Å²) in [6.45, 7) is 2.55. The summed E-state index contributed by atoms with van der Waals surface area (Å²) in [5.41, 5.74) is 0.298. The van der Waals surface area contributed by atoms with Crippen molar-refractivity contribution in [2.45, 2.75) is 49.8 Å². The van der Waals surface area contributed by atoms with Gasteiger partial charge in [-0.2, -0.15) is 4.31 Å². The number of sulfonamides is 1. The third-order valence-electron chi connectivity index (χ3n) is 6.20. The highest BCUT2D eigenvalue weighted by molar-refractivity contribution is 7.89. The Kier molecular flexibility index (Phi) is 6.54. The van der Waals surface area contributed by atoms with Crippen LogP contribution in [-0.2, 0) is 10.0 Å². The fourth-order valence-electron chi connectivity index (χ4n) is 4.50. The summed E-state index contributed by atoms with van der Waals surface area (Å²) in [6, 6.07) is 6.45. The molecule has 176 valence electrons. The van der Waals surface area contributed by atoms with E-state index >= 15 is 0 Å². The SMILES string of the molecule is COc1ccc(C(=O)Oc2ccc(F)c3c2C(=O)CC3C)cc1S(=O)(=O)N1CCCCCC1. The van der Waals surface area contributed by atoms with Crippen LogP contribution in [0.1, 0.15) is 71.2 Å². The number of halogens is 1. The van der Waals surface area contributed by atoms with Crippen molar-refractivity contribution in [3.05, 3.63) is 52.8 Å². The molecule has 0 saturated carbocycles. The zero-order valence-electron chi connectivity index (χ0n) is 18.6. The number of nitrogens with zero attached hydrogens (tertiary/aromatic N) is 1. The molecule has 1 saturated heterocycles. The molecule has 2 aromatic rings. The molecular formula is C24H26FNO6S. The number of Topliss-reactive ketones (excluding diaryl/α,β-unsaturated/α-hetero) is 1. The van der Waals surface area contributed by atoms with Crippen LogP contribution in [-0.4, -0.2) is 44.7 Å². The van der Waals surface area contributed by atoms with E-state index in [4.69, 9.17) is 9.47 Å². The number of benzene rings is 2. The molecule has 9 heteroatoms. The average molecular weight is 476 g/mol. The third kappa shape index (κ3) is 4.39. The van der Waals surface area contributed by atoms with Crippen molar-refractivity contribution in [3.8, 4) is 11.5 Å². The van der Waals surface area contributed by atoms with Gasteiger partial charge in [0.05, 0.1) is 18.2 Å². The van der Waals surface area contributed by atoms with E-state index < -0.39 is 21.8 Å². The Balaban J connectivity index is 1.67. The first-order valence-corrected chi connectivity index (χ1v) is 12.4. The van der Waals surface area contributed by atoms with Crippen molar-refractivity contribution in [1.82, 2.24) is 4.31 Å². The number of hydrogen-bond acceptors (Lipinski definition) is 6. The number of carbonyl (C=O) groups is 2. The number of carbonyl (C=O) groups excluding carboxylic acids is 2. The largest absolute Gasteiger partial charge is 0.495 e. The molecule has 1 aliphatic heterocycles. The molecule has 0 radical (unpaired) electrons. The molecule has 0 aromatic heterocycles. The molecule has 0 amide bonds. The standard InChI is InChI=1S/C24H26FNO6S/c1-15-13-18(27)23-20(10-8-17(25)22(15)23)32-24(28)16-7-9-19(31-2)21(14-16)33(29,30)26-11-5-3-4-6-12-26/h7-10,14-15H,3-6,11-13H2,1-2H3. The van der Waals surface area contributed by atoms with Crippen molar-refractivity contribution >= 4 is 21.8 Å². The van der Waals surface area contributed by atoms with Crippen molar-refractivity contribution in [1.29, 1.82) is 0 Å². The Hall–Kier alpha value is -2.78. The van der Waals surface area contributed by atoms with E-state index in [1.54, 1.807) is 6.92 Å². The van der Waals surface area contributed by atoms with Gasteiger partial charge in [0, 0.05) is 25.1 Å². The molecule has 0 N–H and O–H groups in total. The van der Waals surface area contributed by atoms with Crippen molar-refractivity contribution < 1.29 is 31.9 Å². The van der Waals surface area contributed by atoms with E-state index in [1.807, 2.05) is 0 Å². The number of rotatable bonds is 5. The van der Waals surface area contributed by atoms with Crippen molar-refractivity contribution in [2.24, 2.45) is 0 Å². The van der Waals surface area contributed by atoms with Gasteiger partial charge in [-0.1, -0.05) is 19.8 Å². The topological polar surface area (TPSA) is 90.0 Å². The number of hydrogen-bond donors (Lipinski definition) is 0. The minimum absolute atomic E-state index is 0.0132. The van der Waals surface area contributed by atoms with Crippen LogP contribution in [0.5, 0.6) is 11.5 Å². The van der Waals surface area contributed by atoms with Crippen LogP contribution in [0.3, 0.4) is 0 Å². The lowest BCUT2D eigenvalue weighted by molar-refractivity contribution is 0.0732. The van der Waals surface area contributed by atoms with Gasteiger partial charge < -0.3 is 9.47 Å². The normalized spacial score (nSPS) is 19.1. The van der Waals surface area contributed by atoms with Crippen LogP contribution in [0.2, 0.25) is 0 Å². The molecule has 1 unspecified atom stereocenters. The zero-order chi connectivity index (χ0) is 23.8. The fourth-order valence-corrected chi connectivity index (χ4v) is 6.19. The van der Waals surface area contributed by atoms with E-state index in [0.717, 1.165) is 25.7 Å². The second-order valence-corrected chi connectivity index (χ2v) is 10.3. The maximum Gasteiger partial charge on any atom is 0.343 e. The average Bonchev–Trinajstić information content (AvgIpc) is 2.97. The second kappa shape index (κ2) is 9.23. The molecule has 1 heterocycles. The van der Waals surface area contributed by atoms with E-state index in [1.165, 1.54) is 41.7 Å². The van der Waals surface area contributed by atoms with E-state index in [-0.39, 0.29) is 51.2 Å². The first-order chi connectivity index (χ1) is 15.7. The van der Waals surface area contributed by atoms with Crippen LogP contribution in [0.4, 0.5) is 4.39 Å². The predicted molar refractivity (Wildman–Crippen MR) is 119 cm³/mol. The molecule has 2 aromatic carbocycles. The van der Waals surface area contributed by atoms with E-state index in [2.05, 4.69) is 0 Å². The van der Waals surface area contributed by atoms with Gasteiger partial charge in [-0.15, -0.1) is 0 Å². The Morgan fingerprint density at radius 2 is 1.73 bits per heavy atom. The monoisotopic (exact) mass is 475 g/mol. The molecule has 1 aliphatic carbocycles. The maximum absolute atomic E-state index is 14.3. The molecule has 7 nitrogen and oxygen atoms in total.